The van der Waals surface area contributed by atoms with Gasteiger partial charge in [0, 0.05) is 19.7 Å². The summed E-state index contributed by atoms with van der Waals surface area (Å²) in [6, 6.07) is 7.07. The van der Waals surface area contributed by atoms with Crippen LogP contribution in [0.5, 0.6) is 0 Å². The minimum absolute atomic E-state index is 0.00213. The van der Waals surface area contributed by atoms with Gasteiger partial charge < -0.3 is 9.84 Å². The van der Waals surface area contributed by atoms with E-state index in [4.69, 9.17) is 9.84 Å². The average molecular weight is 313 g/mol. The van der Waals surface area contributed by atoms with E-state index >= 15 is 0 Å². The van der Waals surface area contributed by atoms with Crippen molar-refractivity contribution in [3.63, 3.8) is 0 Å². The third-order valence-corrected chi connectivity index (χ3v) is 5.48. The molecule has 21 heavy (non-hydrogen) atoms. The van der Waals surface area contributed by atoms with Crippen molar-refractivity contribution in [3.05, 3.63) is 35.4 Å². The maximum atomic E-state index is 12.5. The quantitative estimate of drug-likeness (QED) is 0.864. The molecule has 1 atom stereocenters. The molecule has 1 heterocycles. The first-order valence-electron chi connectivity index (χ1n) is 7.33. The lowest BCUT2D eigenvalue weighted by Gasteiger charge is -2.31. The highest BCUT2D eigenvalue weighted by atomic mass is 32.2. The fourth-order valence-electron chi connectivity index (χ4n) is 2.65. The lowest BCUT2D eigenvalue weighted by Crippen LogP contribution is -2.43. The van der Waals surface area contributed by atoms with Gasteiger partial charge in [-0.3, -0.25) is 0 Å². The zero-order valence-corrected chi connectivity index (χ0v) is 13.2. The standard InChI is InChI=1S/C15H23NO4S/c1-2-20-15-7-4-8-16(10-15)21(18,19)12-14-6-3-5-13(9-14)11-17/h3,5-6,9,15,17H,2,4,7-8,10-12H2,1H3. The Morgan fingerprint density at radius 3 is 2.86 bits per heavy atom. The molecule has 1 unspecified atom stereocenters. The third kappa shape index (κ3) is 4.51. The highest BCUT2D eigenvalue weighted by Gasteiger charge is 2.29. The van der Waals surface area contributed by atoms with Crippen molar-refractivity contribution < 1.29 is 18.3 Å². The number of aliphatic hydroxyl groups is 1. The van der Waals surface area contributed by atoms with Gasteiger partial charge in [-0.15, -0.1) is 0 Å². The molecule has 0 amide bonds. The Hall–Kier alpha value is -0.950. The number of benzene rings is 1. The van der Waals surface area contributed by atoms with E-state index in [1.54, 1.807) is 24.3 Å². The van der Waals surface area contributed by atoms with Crippen LogP contribution in [0.15, 0.2) is 24.3 Å². The summed E-state index contributed by atoms with van der Waals surface area (Å²) in [5, 5.41) is 9.13. The maximum absolute atomic E-state index is 12.5. The van der Waals surface area contributed by atoms with Crippen LogP contribution < -0.4 is 0 Å². The summed E-state index contributed by atoms with van der Waals surface area (Å²) in [5.41, 5.74) is 1.44. The molecule has 5 nitrogen and oxygen atoms in total. The summed E-state index contributed by atoms with van der Waals surface area (Å²) in [5.74, 6) is -0.0281. The van der Waals surface area contributed by atoms with Crippen molar-refractivity contribution in [1.82, 2.24) is 4.31 Å². The summed E-state index contributed by atoms with van der Waals surface area (Å²) in [6.45, 7) is 3.45. The third-order valence-electron chi connectivity index (χ3n) is 3.66. The van der Waals surface area contributed by atoms with Crippen molar-refractivity contribution in [2.24, 2.45) is 0 Å². The molecule has 1 aliphatic rings. The Morgan fingerprint density at radius 1 is 1.38 bits per heavy atom. The normalized spacial score (nSPS) is 20.6. The second kappa shape index (κ2) is 7.35. The first kappa shape index (κ1) is 16.4. The second-order valence-electron chi connectivity index (χ2n) is 5.31. The molecule has 118 valence electrons. The molecule has 0 aliphatic carbocycles. The number of hydrogen-bond donors (Lipinski definition) is 1. The van der Waals surface area contributed by atoms with Gasteiger partial charge in [-0.1, -0.05) is 24.3 Å². The van der Waals surface area contributed by atoms with E-state index in [2.05, 4.69) is 0 Å². The van der Waals surface area contributed by atoms with E-state index in [1.165, 1.54) is 4.31 Å². The summed E-state index contributed by atoms with van der Waals surface area (Å²) in [6.07, 6.45) is 1.75. The first-order valence-corrected chi connectivity index (χ1v) is 8.94. The Bertz CT molecular complexity index is 557. The van der Waals surface area contributed by atoms with E-state index < -0.39 is 10.0 Å². The number of rotatable bonds is 6. The highest BCUT2D eigenvalue weighted by Crippen LogP contribution is 2.19. The minimum Gasteiger partial charge on any atom is -0.392 e. The fraction of sp³-hybridized carbons (Fsp3) is 0.600. The molecule has 1 fully saturated rings. The number of piperidine rings is 1. The molecular weight excluding hydrogens is 290 g/mol. The zero-order valence-electron chi connectivity index (χ0n) is 12.4. The largest absolute Gasteiger partial charge is 0.392 e. The van der Waals surface area contributed by atoms with Crippen LogP contribution in [0, 0.1) is 0 Å². The molecule has 1 aromatic rings. The molecule has 0 saturated carbocycles. The van der Waals surface area contributed by atoms with Gasteiger partial charge in [0.1, 0.15) is 0 Å². The smallest absolute Gasteiger partial charge is 0.218 e. The molecule has 1 aliphatic heterocycles. The molecule has 2 rings (SSSR count). The molecule has 6 heteroatoms. The van der Waals surface area contributed by atoms with Gasteiger partial charge in [-0.2, -0.15) is 4.31 Å². The number of aliphatic hydroxyl groups excluding tert-OH is 1. The summed E-state index contributed by atoms with van der Waals surface area (Å²) in [4.78, 5) is 0. The molecule has 1 saturated heterocycles. The molecule has 0 aromatic heterocycles. The van der Waals surface area contributed by atoms with Crippen molar-refractivity contribution in [2.75, 3.05) is 19.7 Å². The minimum atomic E-state index is -3.34. The molecular formula is C15H23NO4S. The van der Waals surface area contributed by atoms with Gasteiger partial charge in [-0.05, 0) is 30.9 Å². The lowest BCUT2D eigenvalue weighted by molar-refractivity contribution is 0.0264. The number of hydrogen-bond acceptors (Lipinski definition) is 4. The Morgan fingerprint density at radius 2 is 2.14 bits per heavy atom. The Kier molecular flexibility index (Phi) is 5.75. The number of nitrogens with zero attached hydrogens (tertiary/aromatic N) is 1. The van der Waals surface area contributed by atoms with Crippen molar-refractivity contribution in [1.29, 1.82) is 0 Å². The van der Waals surface area contributed by atoms with Crippen LogP contribution in [-0.2, 0) is 27.1 Å². The zero-order chi connectivity index (χ0) is 15.3. The monoisotopic (exact) mass is 313 g/mol. The Balaban J connectivity index is 2.06. The summed E-state index contributed by atoms with van der Waals surface area (Å²) >= 11 is 0. The van der Waals surface area contributed by atoms with Gasteiger partial charge in [0.25, 0.3) is 0 Å². The Labute approximate surface area is 126 Å². The van der Waals surface area contributed by atoms with E-state index in [9.17, 15) is 8.42 Å². The number of sulfonamides is 1. The summed E-state index contributed by atoms with van der Waals surface area (Å²) in [7, 11) is -3.34. The molecule has 0 radical (unpaired) electrons. The predicted octanol–water partition coefficient (Wildman–Crippen LogP) is 1.51. The van der Waals surface area contributed by atoms with E-state index in [1.807, 2.05) is 6.92 Å². The van der Waals surface area contributed by atoms with Crippen LogP contribution in [0.4, 0.5) is 0 Å². The average Bonchev–Trinajstić information content (AvgIpc) is 2.48. The van der Waals surface area contributed by atoms with Crippen LogP contribution in [0.25, 0.3) is 0 Å². The van der Waals surface area contributed by atoms with Crippen LogP contribution in [0.2, 0.25) is 0 Å². The van der Waals surface area contributed by atoms with Crippen LogP contribution in [0.3, 0.4) is 0 Å². The maximum Gasteiger partial charge on any atom is 0.218 e. The van der Waals surface area contributed by atoms with Crippen molar-refractivity contribution >= 4 is 10.0 Å². The van der Waals surface area contributed by atoms with Gasteiger partial charge in [0.05, 0.1) is 18.5 Å². The first-order chi connectivity index (χ1) is 10.0. The second-order valence-corrected chi connectivity index (χ2v) is 7.28. The lowest BCUT2D eigenvalue weighted by atomic mass is 10.1. The number of ether oxygens (including phenoxy) is 1. The SMILES string of the molecule is CCOC1CCCN(S(=O)(=O)Cc2cccc(CO)c2)C1. The molecule has 0 bridgehead atoms. The topological polar surface area (TPSA) is 66.8 Å². The van der Waals surface area contributed by atoms with Gasteiger partial charge >= 0.3 is 0 Å². The van der Waals surface area contributed by atoms with Crippen LogP contribution >= 0.6 is 0 Å². The van der Waals surface area contributed by atoms with Crippen LogP contribution in [-0.4, -0.2) is 43.6 Å². The van der Waals surface area contributed by atoms with E-state index in [0.717, 1.165) is 18.4 Å². The highest BCUT2D eigenvalue weighted by molar-refractivity contribution is 7.88. The van der Waals surface area contributed by atoms with Gasteiger partial charge in [0.2, 0.25) is 10.0 Å². The summed E-state index contributed by atoms with van der Waals surface area (Å²) < 4.78 is 32.1. The van der Waals surface area contributed by atoms with Gasteiger partial charge in [-0.25, -0.2) is 8.42 Å². The van der Waals surface area contributed by atoms with Crippen LogP contribution in [0.1, 0.15) is 30.9 Å². The van der Waals surface area contributed by atoms with E-state index in [0.29, 0.717) is 25.3 Å². The van der Waals surface area contributed by atoms with Crippen molar-refractivity contribution in [3.8, 4) is 0 Å². The molecule has 0 spiro atoms. The van der Waals surface area contributed by atoms with Gasteiger partial charge in [0.15, 0.2) is 0 Å². The predicted molar refractivity (Wildman–Crippen MR) is 81.2 cm³/mol. The van der Waals surface area contributed by atoms with E-state index in [-0.39, 0.29) is 18.5 Å². The fourth-order valence-corrected chi connectivity index (χ4v) is 4.23. The van der Waals surface area contributed by atoms with Crippen molar-refractivity contribution in [2.45, 2.75) is 38.2 Å². The molecule has 1 aromatic carbocycles. The molecule has 1 N–H and O–H groups in total.